The molecule has 0 radical (unpaired) electrons. The predicted octanol–water partition coefficient (Wildman–Crippen LogP) is 1.63. The first-order valence-corrected chi connectivity index (χ1v) is 4.86. The molecule has 0 aliphatic carbocycles. The Kier molecular flexibility index (Phi) is 4.19. The van der Waals surface area contributed by atoms with Crippen LogP contribution in [0.2, 0.25) is 5.02 Å². The summed E-state index contributed by atoms with van der Waals surface area (Å²) < 4.78 is 10.3. The molecule has 0 spiro atoms. The maximum atomic E-state index is 11.5. The summed E-state index contributed by atoms with van der Waals surface area (Å²) >= 11 is 5.79. The Morgan fingerprint density at radius 2 is 2.25 bits per heavy atom. The average molecular weight is 247 g/mol. The Morgan fingerprint density at radius 3 is 2.81 bits per heavy atom. The van der Waals surface area contributed by atoms with Crippen molar-refractivity contribution in [3.8, 4) is 0 Å². The van der Waals surface area contributed by atoms with Gasteiger partial charge in [0.15, 0.2) is 5.69 Å². The highest BCUT2D eigenvalue weighted by Crippen LogP contribution is 2.17. The highest BCUT2D eigenvalue weighted by Gasteiger charge is 2.18. The smallest absolute Gasteiger partial charge is 0.426 e. The molecule has 1 aromatic rings. The summed E-state index contributed by atoms with van der Waals surface area (Å²) in [6, 6.07) is 1.46. The number of ether oxygens (including phenoxy) is 2. The summed E-state index contributed by atoms with van der Waals surface area (Å²) in [7, 11) is 1.21. The van der Waals surface area contributed by atoms with Crippen LogP contribution in [0, 0.1) is 0 Å². The van der Waals surface area contributed by atoms with Crippen LogP contribution >= 0.6 is 11.6 Å². The van der Waals surface area contributed by atoms with Crippen LogP contribution in [0.15, 0.2) is 12.3 Å². The number of halogens is 1. The highest BCUT2D eigenvalue weighted by atomic mass is 35.5. The van der Waals surface area contributed by atoms with E-state index in [1.807, 2.05) is 0 Å². The van der Waals surface area contributed by atoms with Gasteiger partial charge in [-0.25, -0.2) is 19.7 Å². The second kappa shape index (κ2) is 5.41. The molecular formula is C9H11ClN2O4. The molecule has 0 aliphatic heterocycles. The predicted molar refractivity (Wildman–Crippen MR) is 57.2 cm³/mol. The van der Waals surface area contributed by atoms with Crippen molar-refractivity contribution in [2.75, 3.05) is 19.1 Å². The third-order valence-electron chi connectivity index (χ3n) is 1.70. The van der Waals surface area contributed by atoms with Gasteiger partial charge in [0.2, 0.25) is 0 Å². The van der Waals surface area contributed by atoms with Gasteiger partial charge in [-0.3, -0.25) is 0 Å². The van der Waals surface area contributed by atoms with Crippen molar-refractivity contribution >= 4 is 23.7 Å². The zero-order valence-electron chi connectivity index (χ0n) is 8.82. The van der Waals surface area contributed by atoms with Crippen molar-refractivity contribution in [2.24, 2.45) is 0 Å². The lowest BCUT2D eigenvalue weighted by molar-refractivity contribution is 0.0516. The number of nitrogens with zero attached hydrogens (tertiary/aromatic N) is 1. The van der Waals surface area contributed by atoms with Gasteiger partial charge in [0.1, 0.15) is 0 Å². The Morgan fingerprint density at radius 1 is 1.56 bits per heavy atom. The molecule has 1 amide bonds. The summed E-state index contributed by atoms with van der Waals surface area (Å²) in [5, 5.41) is 0.190. The van der Waals surface area contributed by atoms with Gasteiger partial charge in [-0.05, 0) is 13.0 Å². The minimum absolute atomic E-state index is 0.0499. The third-order valence-corrected chi connectivity index (χ3v) is 2.01. The van der Waals surface area contributed by atoms with Crippen LogP contribution < -0.4 is 5.43 Å². The molecule has 1 heterocycles. The average Bonchev–Trinajstić information content (AvgIpc) is 2.60. The Balaban J connectivity index is 2.93. The van der Waals surface area contributed by atoms with E-state index in [-0.39, 0.29) is 17.3 Å². The number of rotatable bonds is 3. The van der Waals surface area contributed by atoms with E-state index >= 15 is 0 Å². The molecule has 0 aliphatic rings. The first-order valence-electron chi connectivity index (χ1n) is 4.49. The standard InChI is InChI=1S/C9H11ClN2O4/c1-3-16-8(13)7-6(10)4-5-12(7)11-9(14)15-2/h4-5H,3H2,1-2H3,(H,11,14). The lowest BCUT2D eigenvalue weighted by Crippen LogP contribution is -2.26. The first-order chi connectivity index (χ1) is 7.60. The van der Waals surface area contributed by atoms with Crippen LogP contribution in [-0.4, -0.2) is 30.5 Å². The fraction of sp³-hybridized carbons (Fsp3) is 0.333. The van der Waals surface area contributed by atoms with Gasteiger partial charge in [-0.15, -0.1) is 0 Å². The number of methoxy groups -OCH3 is 1. The summed E-state index contributed by atoms with van der Waals surface area (Å²) in [5.41, 5.74) is 2.34. The van der Waals surface area contributed by atoms with E-state index in [1.165, 1.54) is 19.4 Å². The normalized spacial score (nSPS) is 9.69. The molecule has 0 unspecified atom stereocenters. The molecule has 1 aromatic heterocycles. The summed E-state index contributed by atoms with van der Waals surface area (Å²) in [6.45, 7) is 1.89. The lowest BCUT2D eigenvalue weighted by atomic mass is 10.4. The van der Waals surface area contributed by atoms with Crippen molar-refractivity contribution in [1.82, 2.24) is 4.68 Å². The van der Waals surface area contributed by atoms with E-state index < -0.39 is 12.1 Å². The lowest BCUT2D eigenvalue weighted by Gasteiger charge is -2.09. The maximum absolute atomic E-state index is 11.5. The number of carbonyl (C=O) groups excluding carboxylic acids is 2. The van der Waals surface area contributed by atoms with Crippen molar-refractivity contribution < 1.29 is 19.1 Å². The zero-order chi connectivity index (χ0) is 12.1. The summed E-state index contributed by atoms with van der Waals surface area (Å²) in [6.07, 6.45) is 0.712. The van der Waals surface area contributed by atoms with Gasteiger partial charge in [-0.2, -0.15) is 0 Å². The van der Waals surface area contributed by atoms with Crippen molar-refractivity contribution in [1.29, 1.82) is 0 Å². The fourth-order valence-electron chi connectivity index (χ4n) is 1.04. The Bertz CT molecular complexity index is 402. The van der Waals surface area contributed by atoms with E-state index in [9.17, 15) is 9.59 Å². The summed E-state index contributed by atoms with van der Waals surface area (Å²) in [4.78, 5) is 22.5. The quantitative estimate of drug-likeness (QED) is 0.823. The Hall–Kier alpha value is -1.69. The third kappa shape index (κ3) is 2.66. The van der Waals surface area contributed by atoms with E-state index in [0.29, 0.717) is 0 Å². The minimum atomic E-state index is -0.710. The molecule has 0 aromatic carbocycles. The monoisotopic (exact) mass is 246 g/mol. The van der Waals surface area contributed by atoms with Crippen LogP contribution in [0.3, 0.4) is 0 Å². The highest BCUT2D eigenvalue weighted by molar-refractivity contribution is 6.33. The van der Waals surface area contributed by atoms with Gasteiger partial charge < -0.3 is 9.47 Å². The van der Waals surface area contributed by atoms with E-state index in [1.54, 1.807) is 6.92 Å². The largest absolute Gasteiger partial charge is 0.461 e. The van der Waals surface area contributed by atoms with Gasteiger partial charge >= 0.3 is 12.1 Å². The van der Waals surface area contributed by atoms with Gasteiger partial charge in [0.05, 0.1) is 18.7 Å². The maximum Gasteiger partial charge on any atom is 0.426 e. The fourth-order valence-corrected chi connectivity index (χ4v) is 1.27. The topological polar surface area (TPSA) is 69.6 Å². The Labute approximate surface area is 97.0 Å². The molecule has 0 atom stereocenters. The SMILES string of the molecule is CCOC(=O)c1c(Cl)ccn1NC(=O)OC. The number of aromatic nitrogens is 1. The molecule has 1 rings (SSSR count). The van der Waals surface area contributed by atoms with Crippen molar-refractivity contribution in [2.45, 2.75) is 6.92 Å². The summed E-state index contributed by atoms with van der Waals surface area (Å²) in [5.74, 6) is -0.617. The number of amides is 1. The van der Waals surface area contributed by atoms with Crippen LogP contribution in [-0.2, 0) is 9.47 Å². The molecule has 6 nitrogen and oxygen atoms in total. The van der Waals surface area contributed by atoms with Gasteiger partial charge in [-0.1, -0.05) is 11.6 Å². The molecule has 0 fully saturated rings. The second-order valence-electron chi connectivity index (χ2n) is 2.71. The van der Waals surface area contributed by atoms with Crippen molar-refractivity contribution in [3.05, 3.63) is 23.0 Å². The molecule has 16 heavy (non-hydrogen) atoms. The number of hydrogen-bond donors (Lipinski definition) is 1. The minimum Gasteiger partial charge on any atom is -0.461 e. The zero-order valence-corrected chi connectivity index (χ0v) is 9.58. The molecule has 88 valence electrons. The molecule has 0 saturated carbocycles. The molecule has 7 heteroatoms. The van der Waals surface area contributed by atoms with Gasteiger partial charge in [0, 0.05) is 6.20 Å². The first kappa shape index (κ1) is 12.4. The van der Waals surface area contributed by atoms with Crippen LogP contribution in [0.1, 0.15) is 17.4 Å². The molecule has 1 N–H and O–H groups in total. The second-order valence-corrected chi connectivity index (χ2v) is 3.11. The van der Waals surface area contributed by atoms with Crippen LogP contribution in [0.4, 0.5) is 4.79 Å². The van der Waals surface area contributed by atoms with E-state index in [2.05, 4.69) is 10.2 Å². The number of hydrogen-bond acceptors (Lipinski definition) is 4. The van der Waals surface area contributed by atoms with Crippen LogP contribution in [0.25, 0.3) is 0 Å². The molecule has 0 saturated heterocycles. The van der Waals surface area contributed by atoms with Crippen molar-refractivity contribution in [3.63, 3.8) is 0 Å². The van der Waals surface area contributed by atoms with Crippen LogP contribution in [0.5, 0.6) is 0 Å². The number of nitrogens with one attached hydrogen (secondary N) is 1. The van der Waals surface area contributed by atoms with Gasteiger partial charge in [0.25, 0.3) is 0 Å². The molecule has 0 bridgehead atoms. The number of carbonyl (C=O) groups is 2. The number of esters is 1. The van der Waals surface area contributed by atoms with E-state index in [0.717, 1.165) is 4.68 Å². The molecular weight excluding hydrogens is 236 g/mol. The van der Waals surface area contributed by atoms with E-state index in [4.69, 9.17) is 16.3 Å².